The van der Waals surface area contributed by atoms with Gasteiger partial charge in [0.05, 0.1) is 22.7 Å². The number of rotatable bonds is 3. The van der Waals surface area contributed by atoms with Crippen LogP contribution in [0.2, 0.25) is 0 Å². The monoisotopic (exact) mass is 433 g/mol. The van der Waals surface area contributed by atoms with Crippen LogP contribution >= 0.6 is 22.7 Å². The van der Waals surface area contributed by atoms with Gasteiger partial charge in [0.1, 0.15) is 11.4 Å². The predicted octanol–water partition coefficient (Wildman–Crippen LogP) is 3.58. The molecule has 1 amide bonds. The van der Waals surface area contributed by atoms with Crippen molar-refractivity contribution in [1.82, 2.24) is 19.1 Å². The van der Waals surface area contributed by atoms with Gasteiger partial charge in [0.25, 0.3) is 5.56 Å². The van der Waals surface area contributed by atoms with Crippen molar-refractivity contribution in [1.29, 1.82) is 0 Å². The summed E-state index contributed by atoms with van der Waals surface area (Å²) in [5.74, 6) is 0.471. The quantitative estimate of drug-likeness (QED) is 0.436. The average Bonchev–Trinajstić information content (AvgIpc) is 3.52. The van der Waals surface area contributed by atoms with Gasteiger partial charge in [-0.05, 0) is 23.6 Å². The number of hydrogen-bond acceptors (Lipinski definition) is 6. The van der Waals surface area contributed by atoms with Crippen molar-refractivity contribution in [2.45, 2.75) is 13.1 Å². The van der Waals surface area contributed by atoms with Crippen LogP contribution in [0.1, 0.15) is 0 Å². The second kappa shape index (κ2) is 6.61. The highest BCUT2D eigenvalue weighted by atomic mass is 32.1. The zero-order chi connectivity index (χ0) is 20.2. The third-order valence-electron chi connectivity index (χ3n) is 5.38. The molecule has 7 nitrogen and oxygen atoms in total. The Morgan fingerprint density at radius 1 is 1.10 bits per heavy atom. The summed E-state index contributed by atoms with van der Waals surface area (Å²) in [6, 6.07) is 11.8. The molecular formula is C21H15N5O2S2. The molecule has 0 spiro atoms. The number of nitrogens with zero attached hydrogens (tertiary/aromatic N) is 5. The van der Waals surface area contributed by atoms with E-state index in [1.165, 1.54) is 22.2 Å². The Bertz CT molecular complexity index is 1480. The van der Waals surface area contributed by atoms with Crippen LogP contribution in [-0.4, -0.2) is 31.6 Å². The summed E-state index contributed by atoms with van der Waals surface area (Å²) in [4.78, 5) is 38.7. The van der Waals surface area contributed by atoms with Crippen LogP contribution in [0.3, 0.4) is 0 Å². The van der Waals surface area contributed by atoms with Crippen molar-refractivity contribution in [2.24, 2.45) is 0 Å². The molecule has 30 heavy (non-hydrogen) atoms. The normalized spacial score (nSPS) is 13.4. The van der Waals surface area contributed by atoms with Crippen LogP contribution in [0, 0.1) is 0 Å². The molecular weight excluding hydrogens is 418 g/mol. The number of para-hydroxylation sites is 2. The second-order valence-corrected chi connectivity index (χ2v) is 8.89. The van der Waals surface area contributed by atoms with Crippen molar-refractivity contribution >= 4 is 55.8 Å². The smallest absolute Gasteiger partial charge is 0.263 e. The number of benzene rings is 1. The fourth-order valence-electron chi connectivity index (χ4n) is 3.95. The van der Waals surface area contributed by atoms with E-state index >= 15 is 0 Å². The van der Waals surface area contributed by atoms with Gasteiger partial charge in [0.15, 0.2) is 0 Å². The minimum Gasteiger partial charge on any atom is -0.308 e. The maximum atomic E-state index is 13.2. The van der Waals surface area contributed by atoms with E-state index in [1.54, 1.807) is 16.2 Å². The van der Waals surface area contributed by atoms with Gasteiger partial charge in [0, 0.05) is 28.9 Å². The summed E-state index contributed by atoms with van der Waals surface area (Å²) < 4.78 is 3.45. The molecule has 1 aromatic carbocycles. The maximum Gasteiger partial charge on any atom is 0.263 e. The number of hydrogen-bond donors (Lipinski definition) is 0. The highest BCUT2D eigenvalue weighted by Gasteiger charge is 2.28. The SMILES string of the molecule is O=C(Cn1cnc2scc(-c3cccs3)c2c1=O)N1CCn2c1nc1ccccc12. The first kappa shape index (κ1) is 17.5. The lowest BCUT2D eigenvalue weighted by atomic mass is 10.2. The molecule has 1 aliphatic rings. The van der Waals surface area contributed by atoms with Gasteiger partial charge >= 0.3 is 0 Å². The van der Waals surface area contributed by atoms with E-state index in [4.69, 9.17) is 0 Å². The summed E-state index contributed by atoms with van der Waals surface area (Å²) in [6.07, 6.45) is 1.47. The first-order valence-electron chi connectivity index (χ1n) is 9.47. The minimum atomic E-state index is -0.189. The number of anilines is 1. The number of imidazole rings is 1. The van der Waals surface area contributed by atoms with E-state index in [0.717, 1.165) is 21.5 Å². The van der Waals surface area contributed by atoms with Gasteiger partial charge in [-0.25, -0.2) is 9.97 Å². The Labute approximate surface area is 178 Å². The largest absolute Gasteiger partial charge is 0.308 e. The molecule has 0 atom stereocenters. The summed E-state index contributed by atoms with van der Waals surface area (Å²) in [6.45, 7) is 1.18. The summed E-state index contributed by atoms with van der Waals surface area (Å²) >= 11 is 3.03. The summed E-state index contributed by atoms with van der Waals surface area (Å²) in [5, 5.41) is 4.52. The van der Waals surface area contributed by atoms with Crippen LogP contribution in [-0.2, 0) is 17.9 Å². The van der Waals surface area contributed by atoms with Gasteiger partial charge in [-0.2, -0.15) is 0 Å². The second-order valence-electron chi connectivity index (χ2n) is 7.08. The van der Waals surface area contributed by atoms with Crippen LogP contribution < -0.4 is 10.5 Å². The van der Waals surface area contributed by atoms with E-state index in [2.05, 4.69) is 9.97 Å². The average molecular weight is 434 g/mol. The van der Waals surface area contributed by atoms with Crippen molar-refractivity contribution in [3.63, 3.8) is 0 Å². The Kier molecular flexibility index (Phi) is 3.87. The number of fused-ring (bicyclic) bond motifs is 4. The molecule has 0 saturated heterocycles. The van der Waals surface area contributed by atoms with Gasteiger partial charge < -0.3 is 4.57 Å². The third-order valence-corrected chi connectivity index (χ3v) is 7.17. The first-order valence-corrected chi connectivity index (χ1v) is 11.2. The van der Waals surface area contributed by atoms with Crippen molar-refractivity contribution in [3.05, 3.63) is 63.8 Å². The Hall–Kier alpha value is -3.30. The lowest BCUT2D eigenvalue weighted by Gasteiger charge is -2.14. The zero-order valence-corrected chi connectivity index (χ0v) is 17.3. The lowest BCUT2D eigenvalue weighted by molar-refractivity contribution is -0.119. The predicted molar refractivity (Wildman–Crippen MR) is 119 cm³/mol. The van der Waals surface area contributed by atoms with Gasteiger partial charge in [-0.15, -0.1) is 22.7 Å². The number of carbonyl (C=O) groups is 1. The topological polar surface area (TPSA) is 73.0 Å². The highest BCUT2D eigenvalue weighted by molar-refractivity contribution is 7.18. The Balaban J connectivity index is 1.36. The number of aromatic nitrogens is 4. The molecule has 0 aliphatic carbocycles. The molecule has 0 N–H and O–H groups in total. The molecule has 1 aliphatic heterocycles. The van der Waals surface area contributed by atoms with E-state index in [0.29, 0.717) is 29.3 Å². The van der Waals surface area contributed by atoms with Crippen LogP contribution in [0.5, 0.6) is 0 Å². The third kappa shape index (κ3) is 2.55. The van der Waals surface area contributed by atoms with E-state index < -0.39 is 0 Å². The Morgan fingerprint density at radius 2 is 2.00 bits per heavy atom. The molecule has 6 rings (SSSR count). The number of amides is 1. The van der Waals surface area contributed by atoms with Gasteiger partial charge in [-0.1, -0.05) is 18.2 Å². The highest BCUT2D eigenvalue weighted by Crippen LogP contribution is 2.33. The van der Waals surface area contributed by atoms with E-state index in [-0.39, 0.29) is 18.0 Å². The summed E-state index contributed by atoms with van der Waals surface area (Å²) in [5.41, 5.74) is 2.57. The van der Waals surface area contributed by atoms with E-state index in [9.17, 15) is 9.59 Å². The van der Waals surface area contributed by atoms with Crippen LogP contribution in [0.4, 0.5) is 5.95 Å². The number of thiophene rings is 2. The van der Waals surface area contributed by atoms with E-state index in [1.807, 2.05) is 51.7 Å². The maximum absolute atomic E-state index is 13.2. The summed E-state index contributed by atoms with van der Waals surface area (Å²) in [7, 11) is 0. The molecule has 0 fully saturated rings. The van der Waals surface area contributed by atoms with Crippen molar-refractivity contribution < 1.29 is 4.79 Å². The molecule has 0 bridgehead atoms. The van der Waals surface area contributed by atoms with Gasteiger partial charge in [-0.3, -0.25) is 19.1 Å². The molecule has 0 unspecified atom stereocenters. The molecule has 5 aromatic rings. The van der Waals surface area contributed by atoms with Crippen molar-refractivity contribution in [2.75, 3.05) is 11.4 Å². The molecule has 0 radical (unpaired) electrons. The lowest BCUT2D eigenvalue weighted by Crippen LogP contribution is -2.35. The molecule has 0 saturated carbocycles. The molecule has 5 heterocycles. The molecule has 4 aromatic heterocycles. The standard InChI is InChI=1S/C21H15N5O2S2/c27-17(26-8-7-25-15-5-2-1-4-14(15)23-21(25)26)10-24-12-22-19-18(20(24)28)13(11-30-19)16-6-3-9-29-16/h1-6,9,11-12H,7-8,10H2. The van der Waals surface area contributed by atoms with Crippen LogP contribution in [0.15, 0.2) is 58.3 Å². The first-order chi connectivity index (χ1) is 14.7. The van der Waals surface area contributed by atoms with Crippen molar-refractivity contribution in [3.8, 4) is 10.4 Å². The number of carbonyl (C=O) groups excluding carboxylic acids is 1. The van der Waals surface area contributed by atoms with Gasteiger partial charge in [0.2, 0.25) is 11.9 Å². The fraction of sp³-hybridized carbons (Fsp3) is 0.143. The molecule has 9 heteroatoms. The van der Waals surface area contributed by atoms with Crippen LogP contribution in [0.25, 0.3) is 31.7 Å². The Morgan fingerprint density at radius 3 is 2.87 bits per heavy atom. The fourth-order valence-corrected chi connectivity index (χ4v) is 5.67. The minimum absolute atomic E-state index is 0.0648. The molecule has 148 valence electrons. The zero-order valence-electron chi connectivity index (χ0n) is 15.7.